The van der Waals surface area contributed by atoms with Crippen LogP contribution in [0.4, 0.5) is 4.79 Å². The molecule has 0 aliphatic rings. The quantitative estimate of drug-likeness (QED) is 0.811. The topological polar surface area (TPSA) is 41.6 Å². The zero-order valence-electron chi connectivity index (χ0n) is 14.3. The van der Waals surface area contributed by atoms with Gasteiger partial charge in [0, 0.05) is 25.2 Å². The number of ether oxygens (including phenoxy) is 1. The molecule has 0 fully saturated rings. The van der Waals surface area contributed by atoms with E-state index in [1.54, 1.807) is 4.90 Å². The average Bonchev–Trinajstić information content (AvgIpc) is 2.78. The molecule has 0 aliphatic carbocycles. The van der Waals surface area contributed by atoms with E-state index < -0.39 is 5.60 Å². The van der Waals surface area contributed by atoms with E-state index in [0.717, 1.165) is 4.34 Å². The molecule has 0 bridgehead atoms. The minimum absolute atomic E-state index is 0.0996. The van der Waals surface area contributed by atoms with Crippen molar-refractivity contribution < 1.29 is 9.53 Å². The van der Waals surface area contributed by atoms with Crippen LogP contribution in [0.1, 0.15) is 53.1 Å². The fourth-order valence-corrected chi connectivity index (χ4v) is 2.94. The number of nitrogens with zero attached hydrogens (tertiary/aromatic N) is 1. The maximum atomic E-state index is 12.2. The van der Waals surface area contributed by atoms with Crippen molar-refractivity contribution in [2.75, 3.05) is 13.1 Å². The van der Waals surface area contributed by atoms with Crippen LogP contribution in [-0.4, -0.2) is 35.7 Å². The van der Waals surface area contributed by atoms with Gasteiger partial charge < -0.3 is 15.0 Å². The second kappa shape index (κ2) is 8.18. The molecular weight excluding hydrogens is 320 g/mol. The first-order valence-corrected chi connectivity index (χ1v) is 8.83. The molecular formula is C16H27ClN2O2S. The van der Waals surface area contributed by atoms with Crippen molar-refractivity contribution in [3.8, 4) is 0 Å². The van der Waals surface area contributed by atoms with Gasteiger partial charge in [-0.15, -0.1) is 11.3 Å². The maximum absolute atomic E-state index is 12.2. The predicted molar refractivity (Wildman–Crippen MR) is 93.8 cm³/mol. The summed E-state index contributed by atoms with van der Waals surface area (Å²) in [4.78, 5) is 14.0. The van der Waals surface area contributed by atoms with Gasteiger partial charge in [-0.3, -0.25) is 0 Å². The van der Waals surface area contributed by atoms with Gasteiger partial charge >= 0.3 is 6.09 Å². The van der Waals surface area contributed by atoms with Gasteiger partial charge in [-0.2, -0.15) is 0 Å². The molecule has 6 heteroatoms. The highest BCUT2D eigenvalue weighted by Gasteiger charge is 2.23. The Morgan fingerprint density at radius 2 is 2.05 bits per heavy atom. The molecule has 0 aliphatic heterocycles. The van der Waals surface area contributed by atoms with Gasteiger partial charge in [0.1, 0.15) is 5.60 Å². The minimum atomic E-state index is -0.474. The van der Waals surface area contributed by atoms with Crippen molar-refractivity contribution >= 4 is 29.0 Å². The number of hydrogen-bond donors (Lipinski definition) is 1. The van der Waals surface area contributed by atoms with Gasteiger partial charge in [-0.1, -0.05) is 11.6 Å². The average molecular weight is 347 g/mol. The molecule has 1 heterocycles. The van der Waals surface area contributed by atoms with Gasteiger partial charge in [-0.05, 0) is 58.6 Å². The number of carbonyl (C=O) groups excluding carboxylic acids is 1. The Hall–Kier alpha value is -0.780. The van der Waals surface area contributed by atoms with Gasteiger partial charge in [-0.25, -0.2) is 4.79 Å². The zero-order chi connectivity index (χ0) is 16.9. The number of amides is 1. The summed E-state index contributed by atoms with van der Waals surface area (Å²) in [6.45, 7) is 13.0. The van der Waals surface area contributed by atoms with Crippen molar-refractivity contribution in [3.63, 3.8) is 0 Å². The first-order chi connectivity index (χ1) is 10.1. The highest BCUT2D eigenvalue weighted by atomic mass is 35.5. The van der Waals surface area contributed by atoms with E-state index in [4.69, 9.17) is 16.3 Å². The third kappa shape index (κ3) is 6.55. The second-order valence-corrected chi connectivity index (χ2v) is 8.17. The van der Waals surface area contributed by atoms with Crippen molar-refractivity contribution in [3.05, 3.63) is 21.3 Å². The molecule has 126 valence electrons. The molecule has 1 aromatic rings. The first kappa shape index (κ1) is 19.3. The van der Waals surface area contributed by atoms with E-state index in [9.17, 15) is 4.79 Å². The first-order valence-electron chi connectivity index (χ1n) is 7.57. The van der Waals surface area contributed by atoms with E-state index in [2.05, 4.69) is 12.2 Å². The molecule has 1 aromatic heterocycles. The number of rotatable bonds is 6. The van der Waals surface area contributed by atoms with Gasteiger partial charge in [0.2, 0.25) is 0 Å². The molecule has 4 nitrogen and oxygen atoms in total. The van der Waals surface area contributed by atoms with Crippen LogP contribution in [-0.2, 0) is 4.74 Å². The molecule has 22 heavy (non-hydrogen) atoms. The fraction of sp³-hybridized carbons (Fsp3) is 0.688. The van der Waals surface area contributed by atoms with Gasteiger partial charge in [0.25, 0.3) is 0 Å². The van der Waals surface area contributed by atoms with Gasteiger partial charge in [0.05, 0.1) is 4.34 Å². The van der Waals surface area contributed by atoms with E-state index in [-0.39, 0.29) is 18.2 Å². The monoisotopic (exact) mass is 346 g/mol. The summed E-state index contributed by atoms with van der Waals surface area (Å²) in [5.74, 6) is 0. The molecule has 1 atom stereocenters. The SMILES string of the molecule is CC(NCCN(C(=O)OC(C)(C)C)C(C)C)c1csc(Cl)c1. The zero-order valence-corrected chi connectivity index (χ0v) is 15.8. The number of carbonyl (C=O) groups is 1. The number of nitrogens with one attached hydrogen (secondary N) is 1. The second-order valence-electron chi connectivity index (χ2n) is 6.63. The lowest BCUT2D eigenvalue weighted by atomic mass is 10.2. The van der Waals surface area contributed by atoms with Crippen LogP contribution in [0.5, 0.6) is 0 Å². The molecule has 1 N–H and O–H groups in total. The number of thiophene rings is 1. The molecule has 0 aromatic carbocycles. The van der Waals surface area contributed by atoms with Crippen LogP contribution in [0.2, 0.25) is 4.34 Å². The van der Waals surface area contributed by atoms with Crippen molar-refractivity contribution in [1.82, 2.24) is 10.2 Å². The summed E-state index contributed by atoms with van der Waals surface area (Å²) >= 11 is 7.48. The Morgan fingerprint density at radius 1 is 1.41 bits per heavy atom. The van der Waals surface area contributed by atoms with Crippen LogP contribution in [0, 0.1) is 0 Å². The Morgan fingerprint density at radius 3 is 2.50 bits per heavy atom. The van der Waals surface area contributed by atoms with Crippen molar-refractivity contribution in [1.29, 1.82) is 0 Å². The van der Waals surface area contributed by atoms with E-state index in [0.29, 0.717) is 13.1 Å². The molecule has 0 radical (unpaired) electrons. The Balaban J connectivity index is 2.49. The standard InChI is InChI=1S/C16H27ClN2O2S/c1-11(2)19(15(20)21-16(4,5)6)8-7-18-12(3)13-9-14(17)22-10-13/h9-12,18H,7-8H2,1-6H3. The molecule has 1 unspecified atom stereocenters. The smallest absolute Gasteiger partial charge is 0.410 e. The lowest BCUT2D eigenvalue weighted by Crippen LogP contribution is -2.44. The molecule has 0 saturated heterocycles. The van der Waals surface area contributed by atoms with Gasteiger partial charge in [0.15, 0.2) is 0 Å². The summed E-state index contributed by atoms with van der Waals surface area (Å²) in [7, 11) is 0. The lowest BCUT2D eigenvalue weighted by Gasteiger charge is -2.30. The normalized spacial score (nSPS) is 13.3. The highest BCUT2D eigenvalue weighted by Crippen LogP contribution is 2.24. The lowest BCUT2D eigenvalue weighted by molar-refractivity contribution is 0.0192. The third-order valence-electron chi connectivity index (χ3n) is 3.14. The molecule has 0 spiro atoms. The van der Waals surface area contributed by atoms with E-state index in [1.807, 2.05) is 46.1 Å². The minimum Gasteiger partial charge on any atom is -0.444 e. The Bertz CT molecular complexity index is 483. The van der Waals surface area contributed by atoms with Crippen molar-refractivity contribution in [2.45, 2.75) is 59.2 Å². The number of hydrogen-bond acceptors (Lipinski definition) is 4. The van der Waals surface area contributed by atoms with Crippen LogP contribution in [0.25, 0.3) is 0 Å². The summed E-state index contributed by atoms with van der Waals surface area (Å²) in [5.41, 5.74) is 0.696. The predicted octanol–water partition coefficient (Wildman–Crippen LogP) is 4.70. The molecule has 1 rings (SSSR count). The Kier molecular flexibility index (Phi) is 7.16. The molecule has 0 saturated carbocycles. The summed E-state index contributed by atoms with van der Waals surface area (Å²) in [5, 5.41) is 5.46. The summed E-state index contributed by atoms with van der Waals surface area (Å²) < 4.78 is 6.24. The van der Waals surface area contributed by atoms with Crippen LogP contribution < -0.4 is 5.32 Å². The maximum Gasteiger partial charge on any atom is 0.410 e. The van der Waals surface area contributed by atoms with Crippen LogP contribution >= 0.6 is 22.9 Å². The summed E-state index contributed by atoms with van der Waals surface area (Å²) in [6.07, 6.45) is -0.268. The largest absolute Gasteiger partial charge is 0.444 e. The van der Waals surface area contributed by atoms with E-state index >= 15 is 0 Å². The fourth-order valence-electron chi connectivity index (χ4n) is 1.95. The third-order valence-corrected chi connectivity index (χ3v) is 4.25. The highest BCUT2D eigenvalue weighted by molar-refractivity contribution is 7.14. The summed E-state index contributed by atoms with van der Waals surface area (Å²) in [6, 6.07) is 2.27. The van der Waals surface area contributed by atoms with Crippen LogP contribution in [0.15, 0.2) is 11.4 Å². The molecule has 1 amide bonds. The Labute approximate surface area is 142 Å². The number of halogens is 1. The van der Waals surface area contributed by atoms with Crippen molar-refractivity contribution in [2.24, 2.45) is 0 Å². The van der Waals surface area contributed by atoms with Crippen LogP contribution in [0.3, 0.4) is 0 Å². The van der Waals surface area contributed by atoms with E-state index in [1.165, 1.54) is 16.9 Å².